The molecule has 7 nitrogen and oxygen atoms in total. The molecule has 0 spiro atoms. The zero-order chi connectivity index (χ0) is 14.7. The van der Waals surface area contributed by atoms with Gasteiger partial charge in [-0.2, -0.15) is 0 Å². The van der Waals surface area contributed by atoms with Gasteiger partial charge >= 0.3 is 0 Å². The van der Waals surface area contributed by atoms with Crippen LogP contribution in [0.5, 0.6) is 0 Å². The molecule has 7 heteroatoms. The Bertz CT molecular complexity index is 298. The van der Waals surface area contributed by atoms with Crippen LogP contribution in [0.15, 0.2) is 0 Å². The van der Waals surface area contributed by atoms with Gasteiger partial charge in [0.05, 0.1) is 31.5 Å². The molecule has 0 bridgehead atoms. The Kier molecular flexibility index (Phi) is 5.74. The second-order valence-electron chi connectivity index (χ2n) is 5.52. The van der Waals surface area contributed by atoms with Crippen molar-refractivity contribution in [1.82, 2.24) is 0 Å². The van der Waals surface area contributed by atoms with E-state index in [1.807, 2.05) is 0 Å². The third-order valence-electron chi connectivity index (χ3n) is 4.04. The summed E-state index contributed by atoms with van der Waals surface area (Å²) in [7, 11) is 0. The molecule has 4 N–H and O–H groups in total. The van der Waals surface area contributed by atoms with Gasteiger partial charge in [-0.1, -0.05) is 6.92 Å². The van der Waals surface area contributed by atoms with Gasteiger partial charge in [0.2, 0.25) is 0 Å². The molecule has 118 valence electrons. The Labute approximate surface area is 118 Å². The second-order valence-corrected chi connectivity index (χ2v) is 5.52. The normalized spacial score (nSPS) is 46.4. The van der Waals surface area contributed by atoms with Crippen molar-refractivity contribution in [3.63, 3.8) is 0 Å². The van der Waals surface area contributed by atoms with Gasteiger partial charge in [-0.25, -0.2) is 0 Å². The van der Waals surface area contributed by atoms with E-state index in [2.05, 4.69) is 0 Å². The summed E-state index contributed by atoms with van der Waals surface area (Å²) in [4.78, 5) is 0. The summed E-state index contributed by atoms with van der Waals surface area (Å²) in [6, 6.07) is 0. The summed E-state index contributed by atoms with van der Waals surface area (Å²) < 4.78 is 16.7. The first kappa shape index (κ1) is 16.1. The number of aliphatic hydroxyl groups is 4. The van der Waals surface area contributed by atoms with Crippen molar-refractivity contribution >= 4 is 0 Å². The molecule has 20 heavy (non-hydrogen) atoms. The summed E-state index contributed by atoms with van der Waals surface area (Å²) in [5.74, 6) is -0.400. The smallest absolute Gasteiger partial charge is 0.163 e. The highest BCUT2D eigenvalue weighted by atomic mass is 16.7. The fraction of sp³-hybridized carbons (Fsp3) is 1.00. The number of ether oxygens (including phenoxy) is 3. The molecule has 0 aliphatic carbocycles. The fourth-order valence-corrected chi connectivity index (χ4v) is 2.66. The molecular weight excluding hydrogens is 268 g/mol. The van der Waals surface area contributed by atoms with Crippen LogP contribution in [0.3, 0.4) is 0 Å². The van der Waals surface area contributed by atoms with Crippen LogP contribution < -0.4 is 0 Å². The first-order chi connectivity index (χ1) is 9.56. The van der Waals surface area contributed by atoms with Gasteiger partial charge in [0.25, 0.3) is 0 Å². The summed E-state index contributed by atoms with van der Waals surface area (Å²) >= 11 is 0. The maximum Gasteiger partial charge on any atom is 0.163 e. The number of hydrogen-bond acceptors (Lipinski definition) is 7. The minimum absolute atomic E-state index is 0.0540. The molecule has 2 rings (SSSR count). The van der Waals surface area contributed by atoms with Gasteiger partial charge in [-0.3, -0.25) is 0 Å². The summed E-state index contributed by atoms with van der Waals surface area (Å²) in [5.41, 5.74) is 0. The van der Waals surface area contributed by atoms with Crippen LogP contribution >= 0.6 is 0 Å². The maximum absolute atomic E-state index is 9.96. The van der Waals surface area contributed by atoms with Gasteiger partial charge < -0.3 is 34.6 Å². The molecular formula is C13H24O7. The molecule has 0 aromatic carbocycles. The Hall–Kier alpha value is -0.280. The molecule has 0 aromatic heterocycles. The van der Waals surface area contributed by atoms with Crippen molar-refractivity contribution in [3.8, 4) is 0 Å². The van der Waals surface area contributed by atoms with E-state index in [4.69, 9.17) is 24.4 Å². The predicted molar refractivity (Wildman–Crippen MR) is 67.9 cm³/mol. The highest BCUT2D eigenvalue weighted by molar-refractivity contribution is 4.87. The molecule has 0 saturated carbocycles. The molecule has 0 radical (unpaired) electrons. The minimum atomic E-state index is -1.12. The van der Waals surface area contributed by atoms with E-state index >= 15 is 0 Å². The van der Waals surface area contributed by atoms with Crippen LogP contribution in [0.2, 0.25) is 0 Å². The van der Waals surface area contributed by atoms with E-state index < -0.39 is 30.5 Å². The van der Waals surface area contributed by atoms with Crippen molar-refractivity contribution in [2.24, 2.45) is 5.92 Å². The summed E-state index contributed by atoms with van der Waals surface area (Å²) in [6.45, 7) is 1.81. The van der Waals surface area contributed by atoms with Crippen LogP contribution in [-0.2, 0) is 14.2 Å². The largest absolute Gasteiger partial charge is 0.394 e. The quantitative estimate of drug-likeness (QED) is 0.505. The van der Waals surface area contributed by atoms with Gasteiger partial charge in [-0.15, -0.1) is 0 Å². The monoisotopic (exact) mass is 292 g/mol. The second kappa shape index (κ2) is 7.13. The standard InChI is InChI=1S/C13H24O7/c1-7-11(16)12(17)10(6-15)20-13(7)19-8-2-3-18-9(4-8)5-14/h7-17H,2-6H2,1H3/t7?,8-,9?,10?,11-,12+,13-/m1/s1. The minimum Gasteiger partial charge on any atom is -0.394 e. The predicted octanol–water partition coefficient (Wildman–Crippen LogP) is -1.38. The Balaban J connectivity index is 1.93. The SMILES string of the molecule is CC1[C@H](O[C@@H]2CCOC(CO)C2)OC(CO)[C@H](O)[C@@H]1O. The highest BCUT2D eigenvalue weighted by Crippen LogP contribution is 2.29. The van der Waals surface area contributed by atoms with Crippen LogP contribution in [0, 0.1) is 5.92 Å². The van der Waals surface area contributed by atoms with Crippen LogP contribution in [0.1, 0.15) is 19.8 Å². The van der Waals surface area contributed by atoms with Gasteiger partial charge in [-0.05, 0) is 6.42 Å². The van der Waals surface area contributed by atoms with Crippen molar-refractivity contribution in [3.05, 3.63) is 0 Å². The lowest BCUT2D eigenvalue weighted by Gasteiger charge is -2.42. The average molecular weight is 292 g/mol. The van der Waals surface area contributed by atoms with Crippen molar-refractivity contribution in [2.45, 2.75) is 56.6 Å². The molecule has 2 aliphatic rings. The lowest BCUT2D eigenvalue weighted by Crippen LogP contribution is -2.56. The van der Waals surface area contributed by atoms with E-state index in [-0.39, 0.29) is 25.4 Å². The molecule has 2 saturated heterocycles. The topological polar surface area (TPSA) is 109 Å². The van der Waals surface area contributed by atoms with Crippen LogP contribution in [0.4, 0.5) is 0 Å². The third-order valence-corrected chi connectivity index (χ3v) is 4.04. The molecule has 7 atom stereocenters. The summed E-state index contributed by atoms with van der Waals surface area (Å²) in [6.07, 6.45) is -2.77. The number of rotatable bonds is 4. The van der Waals surface area contributed by atoms with E-state index in [9.17, 15) is 10.2 Å². The third kappa shape index (κ3) is 3.48. The maximum atomic E-state index is 9.96. The highest BCUT2D eigenvalue weighted by Gasteiger charge is 2.43. The average Bonchev–Trinajstić information content (AvgIpc) is 2.48. The van der Waals surface area contributed by atoms with Gasteiger partial charge in [0, 0.05) is 18.9 Å². The number of aliphatic hydroxyl groups excluding tert-OH is 4. The molecule has 0 amide bonds. The van der Waals surface area contributed by atoms with Gasteiger partial charge in [0.1, 0.15) is 12.2 Å². The Morgan fingerprint density at radius 2 is 1.90 bits per heavy atom. The molecule has 3 unspecified atom stereocenters. The van der Waals surface area contributed by atoms with Gasteiger partial charge in [0.15, 0.2) is 6.29 Å². The van der Waals surface area contributed by atoms with E-state index in [0.717, 1.165) is 0 Å². The van der Waals surface area contributed by atoms with Crippen molar-refractivity contribution in [1.29, 1.82) is 0 Å². The fourth-order valence-electron chi connectivity index (χ4n) is 2.66. The lowest BCUT2D eigenvalue weighted by atomic mass is 9.92. The van der Waals surface area contributed by atoms with E-state index in [1.54, 1.807) is 6.92 Å². The first-order valence-corrected chi connectivity index (χ1v) is 7.07. The first-order valence-electron chi connectivity index (χ1n) is 7.07. The van der Waals surface area contributed by atoms with Crippen molar-refractivity contribution in [2.75, 3.05) is 19.8 Å². The van der Waals surface area contributed by atoms with Crippen LogP contribution in [-0.4, -0.2) is 77.1 Å². The Morgan fingerprint density at radius 1 is 1.15 bits per heavy atom. The van der Waals surface area contributed by atoms with E-state index in [1.165, 1.54) is 0 Å². The Morgan fingerprint density at radius 3 is 2.55 bits per heavy atom. The molecule has 2 aliphatic heterocycles. The molecule has 2 fully saturated rings. The molecule has 0 aromatic rings. The van der Waals surface area contributed by atoms with Crippen LogP contribution in [0.25, 0.3) is 0 Å². The molecule has 2 heterocycles. The van der Waals surface area contributed by atoms with Crippen molar-refractivity contribution < 1.29 is 34.6 Å². The zero-order valence-corrected chi connectivity index (χ0v) is 11.6. The zero-order valence-electron chi connectivity index (χ0n) is 11.6. The number of hydrogen-bond donors (Lipinski definition) is 4. The lowest BCUT2D eigenvalue weighted by molar-refractivity contribution is -0.300. The van der Waals surface area contributed by atoms with E-state index in [0.29, 0.717) is 19.4 Å². The summed E-state index contributed by atoms with van der Waals surface area (Å²) in [5, 5.41) is 38.0.